The number of anilines is 1. The quantitative estimate of drug-likeness (QED) is 0.831. The van der Waals surface area contributed by atoms with E-state index >= 15 is 0 Å². The SMILES string of the molecule is CCCNC(=O)CNc1ccc(C)c(C(=O)N(C)C)c1. The highest BCUT2D eigenvalue weighted by molar-refractivity contribution is 5.96. The lowest BCUT2D eigenvalue weighted by Crippen LogP contribution is -2.30. The average Bonchev–Trinajstić information content (AvgIpc) is 2.43. The Morgan fingerprint density at radius 2 is 1.95 bits per heavy atom. The minimum absolute atomic E-state index is 0.0402. The molecular formula is C15H23N3O2. The lowest BCUT2D eigenvalue weighted by Gasteiger charge is -2.14. The number of hydrogen-bond donors (Lipinski definition) is 2. The van der Waals surface area contributed by atoms with Gasteiger partial charge in [-0.15, -0.1) is 0 Å². The van der Waals surface area contributed by atoms with Crippen LogP contribution in [0.15, 0.2) is 18.2 Å². The van der Waals surface area contributed by atoms with Gasteiger partial charge in [0.15, 0.2) is 0 Å². The summed E-state index contributed by atoms with van der Waals surface area (Å²) in [4.78, 5) is 25.1. The Kier molecular flexibility index (Phi) is 6.03. The summed E-state index contributed by atoms with van der Waals surface area (Å²) in [7, 11) is 3.44. The van der Waals surface area contributed by atoms with E-state index in [4.69, 9.17) is 0 Å². The van der Waals surface area contributed by atoms with Crippen molar-refractivity contribution in [3.05, 3.63) is 29.3 Å². The van der Waals surface area contributed by atoms with Crippen LogP contribution in [-0.4, -0.2) is 43.9 Å². The zero-order chi connectivity index (χ0) is 15.1. The molecule has 0 spiro atoms. The molecule has 0 aliphatic rings. The van der Waals surface area contributed by atoms with Gasteiger partial charge >= 0.3 is 0 Å². The Hall–Kier alpha value is -2.04. The van der Waals surface area contributed by atoms with E-state index in [9.17, 15) is 9.59 Å². The fraction of sp³-hybridized carbons (Fsp3) is 0.467. The highest BCUT2D eigenvalue weighted by atomic mass is 16.2. The van der Waals surface area contributed by atoms with Gasteiger partial charge in [-0.05, 0) is 31.0 Å². The molecule has 20 heavy (non-hydrogen) atoms. The molecule has 5 heteroatoms. The van der Waals surface area contributed by atoms with Crippen LogP contribution in [0.1, 0.15) is 29.3 Å². The maximum Gasteiger partial charge on any atom is 0.253 e. The minimum Gasteiger partial charge on any atom is -0.376 e. The van der Waals surface area contributed by atoms with Crippen molar-refractivity contribution in [2.45, 2.75) is 20.3 Å². The van der Waals surface area contributed by atoms with Crippen molar-refractivity contribution in [2.75, 3.05) is 32.5 Å². The van der Waals surface area contributed by atoms with Crippen molar-refractivity contribution in [3.8, 4) is 0 Å². The van der Waals surface area contributed by atoms with E-state index in [0.29, 0.717) is 12.1 Å². The predicted octanol–water partition coefficient (Wildman–Crippen LogP) is 1.63. The number of hydrogen-bond acceptors (Lipinski definition) is 3. The Balaban J connectivity index is 2.71. The van der Waals surface area contributed by atoms with Gasteiger partial charge in [0.25, 0.3) is 5.91 Å². The normalized spacial score (nSPS) is 10.0. The molecule has 0 aliphatic heterocycles. The van der Waals surface area contributed by atoms with Crippen molar-refractivity contribution >= 4 is 17.5 Å². The first-order chi connectivity index (χ1) is 9.45. The molecule has 0 saturated carbocycles. The molecule has 1 rings (SSSR count). The number of rotatable bonds is 6. The van der Waals surface area contributed by atoms with Gasteiger partial charge in [-0.2, -0.15) is 0 Å². The van der Waals surface area contributed by atoms with Crippen molar-refractivity contribution in [1.82, 2.24) is 10.2 Å². The number of amides is 2. The van der Waals surface area contributed by atoms with E-state index in [2.05, 4.69) is 10.6 Å². The van der Waals surface area contributed by atoms with E-state index in [1.54, 1.807) is 25.1 Å². The third kappa shape index (κ3) is 4.57. The van der Waals surface area contributed by atoms with E-state index in [0.717, 1.165) is 17.7 Å². The molecule has 1 aromatic rings. The summed E-state index contributed by atoms with van der Waals surface area (Å²) in [5.74, 6) is -0.0884. The van der Waals surface area contributed by atoms with E-state index in [1.165, 1.54) is 0 Å². The summed E-state index contributed by atoms with van der Waals surface area (Å²) in [5.41, 5.74) is 2.34. The molecular weight excluding hydrogens is 254 g/mol. The Morgan fingerprint density at radius 3 is 2.55 bits per heavy atom. The van der Waals surface area contributed by atoms with Gasteiger partial charge in [0.05, 0.1) is 6.54 Å². The summed E-state index contributed by atoms with van der Waals surface area (Å²) in [6.07, 6.45) is 0.914. The van der Waals surface area contributed by atoms with Crippen molar-refractivity contribution in [1.29, 1.82) is 0 Å². The molecule has 0 heterocycles. The number of benzene rings is 1. The molecule has 0 unspecified atom stereocenters. The fourth-order valence-electron chi connectivity index (χ4n) is 1.71. The number of nitrogens with one attached hydrogen (secondary N) is 2. The second-order valence-electron chi connectivity index (χ2n) is 4.93. The summed E-state index contributed by atoms with van der Waals surface area (Å²) in [6.45, 7) is 4.79. The molecule has 0 aliphatic carbocycles. The van der Waals surface area contributed by atoms with E-state index < -0.39 is 0 Å². The minimum atomic E-state index is -0.0482. The van der Waals surface area contributed by atoms with Gasteiger partial charge < -0.3 is 15.5 Å². The number of carbonyl (C=O) groups excluding carboxylic acids is 2. The van der Waals surface area contributed by atoms with Crippen LogP contribution in [0.25, 0.3) is 0 Å². The molecule has 0 bridgehead atoms. The summed E-state index contributed by atoms with van der Waals surface area (Å²) >= 11 is 0. The number of carbonyl (C=O) groups is 2. The van der Waals surface area contributed by atoms with Crippen LogP contribution in [0.2, 0.25) is 0 Å². The fourth-order valence-corrected chi connectivity index (χ4v) is 1.71. The third-order valence-corrected chi connectivity index (χ3v) is 2.90. The molecule has 5 nitrogen and oxygen atoms in total. The first-order valence-electron chi connectivity index (χ1n) is 6.78. The monoisotopic (exact) mass is 277 g/mol. The van der Waals surface area contributed by atoms with Crippen LogP contribution >= 0.6 is 0 Å². The zero-order valence-electron chi connectivity index (χ0n) is 12.6. The highest BCUT2D eigenvalue weighted by Crippen LogP contribution is 2.16. The van der Waals surface area contributed by atoms with Gasteiger partial charge in [0.2, 0.25) is 5.91 Å². The maximum atomic E-state index is 12.0. The van der Waals surface area contributed by atoms with Crippen LogP contribution in [0.5, 0.6) is 0 Å². The molecule has 1 aromatic carbocycles. The Morgan fingerprint density at radius 1 is 1.25 bits per heavy atom. The molecule has 2 amide bonds. The second-order valence-corrected chi connectivity index (χ2v) is 4.93. The topological polar surface area (TPSA) is 61.4 Å². The summed E-state index contributed by atoms with van der Waals surface area (Å²) in [6, 6.07) is 5.53. The predicted molar refractivity (Wildman–Crippen MR) is 81.0 cm³/mol. The molecule has 0 aromatic heterocycles. The van der Waals surface area contributed by atoms with Crippen molar-refractivity contribution < 1.29 is 9.59 Å². The Bertz CT molecular complexity index is 484. The summed E-state index contributed by atoms with van der Waals surface area (Å²) < 4.78 is 0. The van der Waals surface area contributed by atoms with Crippen LogP contribution in [0.3, 0.4) is 0 Å². The largest absolute Gasteiger partial charge is 0.376 e. The van der Waals surface area contributed by atoms with Crippen LogP contribution < -0.4 is 10.6 Å². The van der Waals surface area contributed by atoms with E-state index in [1.807, 2.05) is 26.0 Å². The van der Waals surface area contributed by atoms with Gasteiger partial charge in [-0.25, -0.2) is 0 Å². The smallest absolute Gasteiger partial charge is 0.253 e. The molecule has 0 atom stereocenters. The van der Waals surface area contributed by atoms with Crippen molar-refractivity contribution in [3.63, 3.8) is 0 Å². The van der Waals surface area contributed by atoms with Crippen LogP contribution in [0.4, 0.5) is 5.69 Å². The highest BCUT2D eigenvalue weighted by Gasteiger charge is 2.12. The first-order valence-corrected chi connectivity index (χ1v) is 6.78. The number of nitrogens with zero attached hydrogens (tertiary/aromatic N) is 1. The van der Waals surface area contributed by atoms with Crippen LogP contribution in [-0.2, 0) is 4.79 Å². The first kappa shape index (κ1) is 16.0. The standard InChI is InChI=1S/C15H23N3O2/c1-5-8-16-14(19)10-17-12-7-6-11(2)13(9-12)15(20)18(3)4/h6-7,9,17H,5,8,10H2,1-4H3,(H,16,19). The summed E-state index contributed by atoms with van der Waals surface area (Å²) in [5, 5.41) is 5.82. The van der Waals surface area contributed by atoms with Crippen LogP contribution in [0, 0.1) is 6.92 Å². The maximum absolute atomic E-state index is 12.0. The van der Waals surface area contributed by atoms with E-state index in [-0.39, 0.29) is 18.4 Å². The molecule has 0 fully saturated rings. The Labute approximate surface area is 120 Å². The van der Waals surface area contributed by atoms with Gasteiger partial charge in [0.1, 0.15) is 0 Å². The number of aryl methyl sites for hydroxylation is 1. The van der Waals surface area contributed by atoms with Crippen molar-refractivity contribution in [2.24, 2.45) is 0 Å². The van der Waals surface area contributed by atoms with Gasteiger partial charge in [-0.1, -0.05) is 13.0 Å². The average molecular weight is 277 g/mol. The lowest BCUT2D eigenvalue weighted by atomic mass is 10.1. The third-order valence-electron chi connectivity index (χ3n) is 2.90. The molecule has 0 radical (unpaired) electrons. The van der Waals surface area contributed by atoms with Gasteiger partial charge in [0, 0.05) is 31.9 Å². The zero-order valence-corrected chi connectivity index (χ0v) is 12.6. The second kappa shape index (κ2) is 7.53. The van der Waals surface area contributed by atoms with Gasteiger partial charge in [-0.3, -0.25) is 9.59 Å². The molecule has 0 saturated heterocycles. The molecule has 2 N–H and O–H groups in total. The lowest BCUT2D eigenvalue weighted by molar-refractivity contribution is -0.119. The molecule has 110 valence electrons.